The summed E-state index contributed by atoms with van der Waals surface area (Å²) in [6.45, 7) is 5.79. The van der Waals surface area contributed by atoms with Crippen LogP contribution in [-0.4, -0.2) is 68.0 Å². The number of hydrogen-bond donors (Lipinski definition) is 4. The number of phenols is 3. The molecule has 2 heterocycles. The minimum Gasteiger partial charge on any atom is -0.507 e. The Morgan fingerprint density at radius 3 is 2.56 bits per heavy atom. The van der Waals surface area contributed by atoms with E-state index in [9.17, 15) is 30.0 Å². The topological polar surface area (TPSA) is 155 Å². The number of phenolic OH excluding ortho intramolecular Hbond substituents is 3. The molecule has 0 saturated carbocycles. The maximum atomic E-state index is 13.6. The van der Waals surface area contributed by atoms with E-state index < -0.39 is 46.8 Å². The van der Waals surface area contributed by atoms with E-state index in [1.165, 1.54) is 18.2 Å². The number of ketones is 2. The van der Waals surface area contributed by atoms with Gasteiger partial charge in [-0.3, -0.25) is 9.59 Å². The van der Waals surface area contributed by atoms with E-state index in [1.807, 2.05) is 6.92 Å². The lowest BCUT2D eigenvalue weighted by molar-refractivity contribution is -0.242. The fraction of sp³-hybridized carbons (Fsp3) is 0.516. The zero-order valence-electron chi connectivity index (χ0n) is 23.3. The van der Waals surface area contributed by atoms with Gasteiger partial charge in [0.25, 0.3) is 0 Å². The maximum Gasteiger partial charge on any atom is 0.202 e. The zero-order valence-corrected chi connectivity index (χ0v) is 23.3. The Morgan fingerprint density at radius 2 is 1.83 bits per heavy atom. The third-order valence-corrected chi connectivity index (χ3v) is 8.89. The molecule has 41 heavy (non-hydrogen) atoms. The second-order valence-corrected chi connectivity index (χ2v) is 11.6. The summed E-state index contributed by atoms with van der Waals surface area (Å²) < 4.78 is 18.6. The van der Waals surface area contributed by atoms with Crippen molar-refractivity contribution in [3.63, 3.8) is 0 Å². The summed E-state index contributed by atoms with van der Waals surface area (Å²) in [6, 6.07) is 3.93. The van der Waals surface area contributed by atoms with Gasteiger partial charge in [0.1, 0.15) is 23.4 Å². The van der Waals surface area contributed by atoms with Crippen LogP contribution in [0, 0.1) is 0 Å². The molecule has 0 amide bonds. The summed E-state index contributed by atoms with van der Waals surface area (Å²) >= 11 is 0. The monoisotopic (exact) mass is 565 g/mol. The number of fused-ring (bicyclic) bond motifs is 4. The number of hydrogen-bond acceptors (Lipinski definition) is 10. The van der Waals surface area contributed by atoms with Crippen LogP contribution in [0.3, 0.4) is 0 Å². The van der Waals surface area contributed by atoms with Crippen molar-refractivity contribution in [1.29, 1.82) is 0 Å². The standard InChI is InChI=1S/C31H35NO9/c1-4-6-10-20-32-17-11-21(39-14(3)30(17)41-20)40-19-13-31(38,5-2)12-16-23(19)29(37)25-24(27(16)35)26(34)15-8-7-9-18(33)22(15)28(25)36/h7-9,14,17,19,21,30,33,35,37-38H,4-6,10-13H2,1-3H3/t14-,17?,19-,21-,30?,31-/m0/s1. The van der Waals surface area contributed by atoms with Crippen molar-refractivity contribution < 1.29 is 44.2 Å². The third-order valence-electron chi connectivity index (χ3n) is 8.89. The van der Waals surface area contributed by atoms with Crippen LogP contribution in [0.5, 0.6) is 17.2 Å². The molecule has 0 bridgehead atoms. The van der Waals surface area contributed by atoms with E-state index in [4.69, 9.17) is 19.2 Å². The van der Waals surface area contributed by atoms with E-state index in [2.05, 4.69) is 6.92 Å². The molecule has 1 fully saturated rings. The average Bonchev–Trinajstić information content (AvgIpc) is 3.35. The maximum absolute atomic E-state index is 13.6. The quantitative estimate of drug-likeness (QED) is 0.322. The van der Waals surface area contributed by atoms with Crippen molar-refractivity contribution in [2.75, 3.05) is 0 Å². The summed E-state index contributed by atoms with van der Waals surface area (Å²) in [4.78, 5) is 31.8. The van der Waals surface area contributed by atoms with Crippen molar-refractivity contribution in [2.45, 2.75) is 102 Å². The Kier molecular flexibility index (Phi) is 6.83. The lowest BCUT2D eigenvalue weighted by atomic mass is 9.72. The molecule has 2 aliphatic heterocycles. The zero-order chi connectivity index (χ0) is 29.2. The normalized spacial score (nSPS) is 30.1. The van der Waals surface area contributed by atoms with E-state index in [1.54, 1.807) is 6.92 Å². The Bertz CT molecular complexity index is 1470. The van der Waals surface area contributed by atoms with Gasteiger partial charge < -0.3 is 34.6 Å². The molecule has 0 radical (unpaired) electrons. The molecule has 2 aromatic carbocycles. The highest BCUT2D eigenvalue weighted by Gasteiger charge is 2.48. The Hall–Kier alpha value is -3.47. The fourth-order valence-corrected chi connectivity index (χ4v) is 6.63. The number of carbonyl (C=O) groups excluding carboxylic acids is 2. The summed E-state index contributed by atoms with van der Waals surface area (Å²) in [5, 5.41) is 44.8. The first-order valence-electron chi connectivity index (χ1n) is 14.4. The first-order valence-corrected chi connectivity index (χ1v) is 14.4. The summed E-state index contributed by atoms with van der Waals surface area (Å²) in [5.74, 6) is -2.14. The van der Waals surface area contributed by atoms with E-state index in [-0.39, 0.29) is 64.5 Å². The molecule has 4 N–H and O–H groups in total. The summed E-state index contributed by atoms with van der Waals surface area (Å²) in [7, 11) is 0. The SMILES string of the molecule is CCCCC1=NC2C[C@H](O[C@H]3C[C@](O)(CC)Cc4c(O)c5c(c(O)c43)C(=O)c3c(O)cccc3C5=O)O[C@@H](C)C2O1. The molecule has 218 valence electrons. The van der Waals surface area contributed by atoms with Gasteiger partial charge in [-0.2, -0.15) is 0 Å². The number of benzene rings is 2. The first kappa shape index (κ1) is 27.7. The van der Waals surface area contributed by atoms with Crippen LogP contribution in [0.25, 0.3) is 0 Å². The first-order chi connectivity index (χ1) is 19.6. The van der Waals surface area contributed by atoms with Gasteiger partial charge in [0.2, 0.25) is 5.78 Å². The number of nitrogens with zero attached hydrogens (tertiary/aromatic N) is 1. The molecule has 6 atom stereocenters. The van der Waals surface area contributed by atoms with Crippen LogP contribution >= 0.6 is 0 Å². The minimum absolute atomic E-state index is 0.0503. The predicted octanol–water partition coefficient (Wildman–Crippen LogP) is 4.21. The smallest absolute Gasteiger partial charge is 0.202 e. The van der Waals surface area contributed by atoms with Crippen molar-refractivity contribution in [3.05, 3.63) is 51.6 Å². The van der Waals surface area contributed by atoms with Crippen LogP contribution in [0.1, 0.15) is 108 Å². The number of unbranched alkanes of at least 4 members (excludes halogenated alkanes) is 1. The summed E-state index contributed by atoms with van der Waals surface area (Å²) in [5.41, 5.74) is -2.05. The lowest BCUT2D eigenvalue weighted by Crippen LogP contribution is -2.47. The van der Waals surface area contributed by atoms with Crippen LogP contribution in [0.4, 0.5) is 0 Å². The second kappa shape index (κ2) is 10.1. The molecule has 10 heteroatoms. The predicted molar refractivity (Wildman–Crippen MR) is 147 cm³/mol. The second-order valence-electron chi connectivity index (χ2n) is 11.6. The van der Waals surface area contributed by atoms with Crippen LogP contribution in [-0.2, 0) is 20.6 Å². The number of aromatic hydroxyl groups is 3. The van der Waals surface area contributed by atoms with E-state index >= 15 is 0 Å². The van der Waals surface area contributed by atoms with Crippen molar-refractivity contribution in [1.82, 2.24) is 0 Å². The number of carbonyl (C=O) groups is 2. The third kappa shape index (κ3) is 4.40. The van der Waals surface area contributed by atoms with E-state index in [0.717, 1.165) is 19.3 Å². The molecule has 0 spiro atoms. The number of aliphatic imine (C=N–C) groups is 1. The Morgan fingerprint density at radius 1 is 1.07 bits per heavy atom. The van der Waals surface area contributed by atoms with Gasteiger partial charge in [0, 0.05) is 42.4 Å². The van der Waals surface area contributed by atoms with Crippen molar-refractivity contribution in [2.24, 2.45) is 4.99 Å². The van der Waals surface area contributed by atoms with Crippen LogP contribution in [0.2, 0.25) is 0 Å². The number of ether oxygens (including phenoxy) is 3. The molecule has 0 aromatic heterocycles. The van der Waals surface area contributed by atoms with Gasteiger partial charge in [0.05, 0.1) is 40.5 Å². The highest BCUT2D eigenvalue weighted by Crippen LogP contribution is 2.53. The number of aliphatic hydroxyl groups is 1. The molecule has 2 unspecified atom stereocenters. The average molecular weight is 566 g/mol. The Balaban J connectivity index is 1.39. The van der Waals surface area contributed by atoms with Gasteiger partial charge in [-0.1, -0.05) is 32.4 Å². The van der Waals surface area contributed by atoms with Crippen LogP contribution in [0.15, 0.2) is 23.2 Å². The van der Waals surface area contributed by atoms with Gasteiger partial charge >= 0.3 is 0 Å². The van der Waals surface area contributed by atoms with E-state index in [0.29, 0.717) is 18.7 Å². The molecular formula is C31H35NO9. The molecule has 6 rings (SSSR count). The minimum atomic E-state index is -1.31. The largest absolute Gasteiger partial charge is 0.507 e. The van der Waals surface area contributed by atoms with Crippen LogP contribution < -0.4 is 0 Å². The fourth-order valence-electron chi connectivity index (χ4n) is 6.63. The van der Waals surface area contributed by atoms with Crippen molar-refractivity contribution in [3.8, 4) is 17.2 Å². The number of rotatable bonds is 6. The molecule has 10 nitrogen and oxygen atoms in total. The highest BCUT2D eigenvalue weighted by molar-refractivity contribution is 6.31. The van der Waals surface area contributed by atoms with Gasteiger partial charge in [-0.25, -0.2) is 4.99 Å². The lowest BCUT2D eigenvalue weighted by Gasteiger charge is -2.42. The van der Waals surface area contributed by atoms with Crippen molar-refractivity contribution >= 4 is 17.5 Å². The molecule has 4 aliphatic rings. The molecule has 2 aliphatic carbocycles. The van der Waals surface area contributed by atoms with Gasteiger partial charge in [-0.05, 0) is 25.8 Å². The molecular weight excluding hydrogens is 530 g/mol. The molecule has 2 aromatic rings. The molecule has 1 saturated heterocycles. The summed E-state index contributed by atoms with van der Waals surface area (Å²) in [6.07, 6.45) is 1.18. The highest BCUT2D eigenvalue weighted by atomic mass is 16.7. The van der Waals surface area contributed by atoms with Gasteiger partial charge in [-0.15, -0.1) is 0 Å². The van der Waals surface area contributed by atoms with Gasteiger partial charge in [0.15, 0.2) is 18.0 Å². The Labute approximate surface area is 237 Å².